The van der Waals surface area contributed by atoms with Gasteiger partial charge in [-0.1, -0.05) is 24.3 Å². The maximum Gasteiger partial charge on any atom is 0.274 e. The largest absolute Gasteiger partial charge is 0.347 e. The van der Waals surface area contributed by atoms with Gasteiger partial charge < -0.3 is 10.6 Å². The summed E-state index contributed by atoms with van der Waals surface area (Å²) in [5, 5.41) is 14.2. The highest BCUT2D eigenvalue weighted by molar-refractivity contribution is 6.04. The van der Waals surface area contributed by atoms with E-state index in [1.54, 1.807) is 36.4 Å². The lowest BCUT2D eigenvalue weighted by molar-refractivity contribution is 0.0953. The number of aromatic nitrogens is 1. The van der Waals surface area contributed by atoms with E-state index in [9.17, 15) is 9.59 Å². The first-order valence-corrected chi connectivity index (χ1v) is 6.82. The van der Waals surface area contributed by atoms with Gasteiger partial charge in [0.25, 0.3) is 11.8 Å². The fourth-order valence-corrected chi connectivity index (χ4v) is 1.82. The number of amides is 2. The zero-order valence-electron chi connectivity index (χ0n) is 12.2. The Morgan fingerprint density at radius 1 is 1.13 bits per heavy atom. The number of rotatable bonds is 5. The molecule has 0 bridgehead atoms. The molecule has 1 aromatic heterocycles. The van der Waals surface area contributed by atoms with Crippen LogP contribution in [0.3, 0.4) is 0 Å². The Balaban J connectivity index is 2.18. The summed E-state index contributed by atoms with van der Waals surface area (Å²) >= 11 is 0. The fraction of sp³-hybridized carbons (Fsp3) is 0.0588. The van der Waals surface area contributed by atoms with E-state index in [0.29, 0.717) is 17.8 Å². The van der Waals surface area contributed by atoms with Crippen molar-refractivity contribution < 1.29 is 9.59 Å². The Labute approximate surface area is 133 Å². The normalized spacial score (nSPS) is 9.52. The maximum absolute atomic E-state index is 12.2. The second-order valence-electron chi connectivity index (χ2n) is 4.52. The number of nitrogens with zero attached hydrogens (tertiary/aromatic N) is 2. The van der Waals surface area contributed by atoms with Gasteiger partial charge in [-0.2, -0.15) is 5.26 Å². The van der Waals surface area contributed by atoms with Crippen LogP contribution < -0.4 is 10.6 Å². The molecule has 0 aliphatic heterocycles. The second-order valence-corrected chi connectivity index (χ2v) is 4.52. The second kappa shape index (κ2) is 7.52. The van der Waals surface area contributed by atoms with E-state index in [1.807, 2.05) is 6.07 Å². The summed E-state index contributed by atoms with van der Waals surface area (Å²) in [6.07, 6.45) is 1.55. The zero-order valence-corrected chi connectivity index (χ0v) is 12.2. The number of hydrogen-bond donors (Lipinski definition) is 2. The Morgan fingerprint density at radius 2 is 1.83 bits per heavy atom. The summed E-state index contributed by atoms with van der Waals surface area (Å²) in [4.78, 5) is 28.1. The highest BCUT2D eigenvalue weighted by atomic mass is 16.2. The number of anilines is 1. The fourth-order valence-electron chi connectivity index (χ4n) is 1.82. The maximum atomic E-state index is 12.2. The Hall–Kier alpha value is -3.46. The molecular weight excluding hydrogens is 292 g/mol. The lowest BCUT2D eigenvalue weighted by Gasteiger charge is -2.07. The molecule has 0 radical (unpaired) electrons. The summed E-state index contributed by atoms with van der Waals surface area (Å²) in [5.74, 6) is -0.886. The number of nitriles is 1. The van der Waals surface area contributed by atoms with Crippen molar-refractivity contribution >= 4 is 17.5 Å². The Morgan fingerprint density at radius 3 is 2.52 bits per heavy atom. The van der Waals surface area contributed by atoms with Gasteiger partial charge in [0.05, 0.1) is 11.3 Å². The minimum absolute atomic E-state index is 0.0870. The van der Waals surface area contributed by atoms with Gasteiger partial charge in [-0.05, 0) is 24.3 Å². The number of para-hydroxylation sites is 1. The molecule has 0 spiro atoms. The van der Waals surface area contributed by atoms with Crippen LogP contribution >= 0.6 is 0 Å². The molecular formula is C17H14N4O2. The molecule has 2 aromatic rings. The van der Waals surface area contributed by atoms with Crippen molar-refractivity contribution in [3.05, 3.63) is 72.1 Å². The van der Waals surface area contributed by atoms with Gasteiger partial charge in [0, 0.05) is 6.54 Å². The minimum Gasteiger partial charge on any atom is -0.347 e. The molecule has 0 saturated carbocycles. The van der Waals surface area contributed by atoms with Crippen molar-refractivity contribution in [1.82, 2.24) is 10.3 Å². The number of benzene rings is 1. The third kappa shape index (κ3) is 4.02. The van der Waals surface area contributed by atoms with E-state index in [0.717, 1.165) is 0 Å². The summed E-state index contributed by atoms with van der Waals surface area (Å²) in [6.45, 7) is 3.82. The van der Waals surface area contributed by atoms with E-state index in [4.69, 9.17) is 5.26 Å². The molecule has 0 unspecified atom stereocenters. The number of carbonyl (C=O) groups excluding carboxylic acids is 2. The number of nitrogens with one attached hydrogen (secondary N) is 2. The summed E-state index contributed by atoms with van der Waals surface area (Å²) in [6, 6.07) is 13.2. The average Bonchev–Trinajstić information content (AvgIpc) is 2.60. The molecule has 114 valence electrons. The van der Waals surface area contributed by atoms with Crippen LogP contribution in [-0.2, 0) is 0 Å². The van der Waals surface area contributed by atoms with E-state index in [2.05, 4.69) is 22.2 Å². The molecule has 23 heavy (non-hydrogen) atoms. The Bertz CT molecular complexity index is 793. The lowest BCUT2D eigenvalue weighted by atomic mass is 10.2. The van der Waals surface area contributed by atoms with Crippen molar-refractivity contribution in [2.45, 2.75) is 0 Å². The van der Waals surface area contributed by atoms with Gasteiger partial charge in [-0.3, -0.25) is 9.59 Å². The van der Waals surface area contributed by atoms with Gasteiger partial charge in [0.15, 0.2) is 0 Å². The topological polar surface area (TPSA) is 94.9 Å². The zero-order chi connectivity index (χ0) is 16.7. The summed E-state index contributed by atoms with van der Waals surface area (Å²) in [5.41, 5.74) is 0.959. The SMILES string of the molecule is C=CCNC(=O)c1cccc(C(=O)Nc2ccccc2C#N)n1. The molecule has 0 atom stereocenters. The standard InChI is InChI=1S/C17H14N4O2/c1-2-10-19-16(22)14-8-5-9-15(20-14)17(23)21-13-7-4-3-6-12(13)11-18/h2-9H,1,10H2,(H,19,22)(H,21,23). The highest BCUT2D eigenvalue weighted by Gasteiger charge is 2.13. The van der Waals surface area contributed by atoms with Gasteiger partial charge in [0.1, 0.15) is 17.5 Å². The van der Waals surface area contributed by atoms with Gasteiger partial charge in [-0.15, -0.1) is 6.58 Å². The van der Waals surface area contributed by atoms with Gasteiger partial charge in [0.2, 0.25) is 0 Å². The van der Waals surface area contributed by atoms with Crippen molar-refractivity contribution in [1.29, 1.82) is 5.26 Å². The quantitative estimate of drug-likeness (QED) is 0.827. The molecule has 0 aliphatic rings. The van der Waals surface area contributed by atoms with Crippen LogP contribution in [0.25, 0.3) is 0 Å². The third-order valence-electron chi connectivity index (χ3n) is 2.92. The number of pyridine rings is 1. The molecule has 6 nitrogen and oxygen atoms in total. The molecule has 1 heterocycles. The van der Waals surface area contributed by atoms with Crippen LogP contribution in [0.1, 0.15) is 26.5 Å². The molecule has 0 fully saturated rings. The van der Waals surface area contributed by atoms with Gasteiger partial charge in [-0.25, -0.2) is 4.98 Å². The van der Waals surface area contributed by atoms with Crippen LogP contribution in [-0.4, -0.2) is 23.3 Å². The summed E-state index contributed by atoms with van der Waals surface area (Å²) < 4.78 is 0. The first kappa shape index (κ1) is 15.9. The first-order chi connectivity index (χ1) is 11.2. The molecule has 2 rings (SSSR count). The van der Waals surface area contributed by atoms with E-state index in [1.165, 1.54) is 12.1 Å². The third-order valence-corrected chi connectivity index (χ3v) is 2.92. The van der Waals surface area contributed by atoms with Gasteiger partial charge >= 0.3 is 0 Å². The van der Waals surface area contributed by atoms with Crippen LogP contribution in [0.4, 0.5) is 5.69 Å². The highest BCUT2D eigenvalue weighted by Crippen LogP contribution is 2.14. The van der Waals surface area contributed by atoms with E-state index in [-0.39, 0.29) is 11.4 Å². The minimum atomic E-state index is -0.494. The van der Waals surface area contributed by atoms with Crippen molar-refractivity contribution in [2.75, 3.05) is 11.9 Å². The van der Waals surface area contributed by atoms with E-state index >= 15 is 0 Å². The van der Waals surface area contributed by atoms with Crippen molar-refractivity contribution in [3.8, 4) is 6.07 Å². The predicted octanol–water partition coefficient (Wildman–Crippen LogP) is 2.12. The lowest BCUT2D eigenvalue weighted by Crippen LogP contribution is -2.25. The Kier molecular flexibility index (Phi) is 5.21. The molecule has 0 aliphatic carbocycles. The molecule has 2 amide bonds. The molecule has 0 saturated heterocycles. The predicted molar refractivity (Wildman–Crippen MR) is 85.9 cm³/mol. The van der Waals surface area contributed by atoms with Crippen LogP contribution in [0.15, 0.2) is 55.1 Å². The van der Waals surface area contributed by atoms with E-state index < -0.39 is 11.8 Å². The molecule has 2 N–H and O–H groups in total. The summed E-state index contributed by atoms with van der Waals surface area (Å²) in [7, 11) is 0. The van der Waals surface area contributed by atoms with Crippen LogP contribution in [0.5, 0.6) is 0 Å². The number of hydrogen-bond acceptors (Lipinski definition) is 4. The van der Waals surface area contributed by atoms with Crippen molar-refractivity contribution in [3.63, 3.8) is 0 Å². The van der Waals surface area contributed by atoms with Crippen LogP contribution in [0, 0.1) is 11.3 Å². The van der Waals surface area contributed by atoms with Crippen molar-refractivity contribution in [2.24, 2.45) is 0 Å². The molecule has 6 heteroatoms. The monoisotopic (exact) mass is 306 g/mol. The first-order valence-electron chi connectivity index (χ1n) is 6.82. The molecule has 1 aromatic carbocycles. The van der Waals surface area contributed by atoms with Crippen LogP contribution in [0.2, 0.25) is 0 Å². The number of carbonyl (C=O) groups is 2. The smallest absolute Gasteiger partial charge is 0.274 e. The average molecular weight is 306 g/mol.